The molecule has 0 bridgehead atoms. The zero-order valence-corrected chi connectivity index (χ0v) is 19.1. The first-order valence-electron chi connectivity index (χ1n) is 11.1. The Morgan fingerprint density at radius 3 is 2.24 bits per heavy atom. The first-order chi connectivity index (χ1) is 15.9. The highest BCUT2D eigenvalue weighted by atomic mass is 32.2. The molecule has 0 radical (unpaired) electrons. The van der Waals surface area contributed by atoms with Gasteiger partial charge in [0.2, 0.25) is 10.0 Å². The highest BCUT2D eigenvalue weighted by Gasteiger charge is 2.25. The molecular weight excluding hydrogens is 438 g/mol. The molecule has 1 N–H and O–H groups in total. The second-order valence-corrected chi connectivity index (χ2v) is 10.1. The number of piperidine rings is 1. The molecule has 1 aliphatic heterocycles. The largest absolute Gasteiger partial charge is 0.348 e. The van der Waals surface area contributed by atoms with Crippen LogP contribution >= 0.6 is 0 Å². The summed E-state index contributed by atoms with van der Waals surface area (Å²) in [7, 11) is -3.49. The van der Waals surface area contributed by atoms with Gasteiger partial charge in [-0.3, -0.25) is 9.59 Å². The van der Waals surface area contributed by atoms with E-state index in [4.69, 9.17) is 0 Å². The van der Waals surface area contributed by atoms with Crippen LogP contribution in [0.5, 0.6) is 0 Å². The molecule has 1 aromatic heterocycles. The lowest BCUT2D eigenvalue weighted by Crippen LogP contribution is -2.35. The second kappa shape index (κ2) is 10.1. The summed E-state index contributed by atoms with van der Waals surface area (Å²) in [5.74, 6) is -0.465. The van der Waals surface area contributed by atoms with E-state index in [0.717, 1.165) is 30.4 Å². The van der Waals surface area contributed by atoms with Crippen LogP contribution in [0.1, 0.15) is 40.7 Å². The molecule has 4 rings (SSSR count). The Labute approximate surface area is 193 Å². The number of sulfonamides is 1. The minimum Gasteiger partial charge on any atom is -0.348 e. The molecule has 172 valence electrons. The first kappa shape index (κ1) is 22.9. The Kier molecular flexibility index (Phi) is 7.05. The highest BCUT2D eigenvalue weighted by Crippen LogP contribution is 2.20. The summed E-state index contributed by atoms with van der Waals surface area (Å²) in [4.78, 5) is 25.7. The fraction of sp³-hybridized carbons (Fsp3) is 0.280. The maximum atomic E-state index is 12.8. The van der Waals surface area contributed by atoms with Gasteiger partial charge in [0, 0.05) is 25.8 Å². The van der Waals surface area contributed by atoms with Crippen LogP contribution < -0.4 is 10.9 Å². The summed E-state index contributed by atoms with van der Waals surface area (Å²) < 4.78 is 28.6. The van der Waals surface area contributed by atoms with Crippen LogP contribution in [0.2, 0.25) is 0 Å². The van der Waals surface area contributed by atoms with E-state index in [1.165, 1.54) is 14.9 Å². The molecule has 3 aromatic rings. The highest BCUT2D eigenvalue weighted by molar-refractivity contribution is 7.89. The molecule has 0 saturated carbocycles. The van der Waals surface area contributed by atoms with Crippen LogP contribution in [-0.4, -0.2) is 36.3 Å². The Morgan fingerprint density at radius 1 is 0.848 bits per heavy atom. The number of benzene rings is 2. The van der Waals surface area contributed by atoms with Gasteiger partial charge in [0.25, 0.3) is 11.5 Å². The van der Waals surface area contributed by atoms with Crippen LogP contribution in [0, 0.1) is 0 Å². The van der Waals surface area contributed by atoms with E-state index in [0.29, 0.717) is 19.6 Å². The molecule has 0 aliphatic carbocycles. The Morgan fingerprint density at radius 2 is 1.55 bits per heavy atom. The van der Waals surface area contributed by atoms with E-state index < -0.39 is 15.9 Å². The zero-order chi connectivity index (χ0) is 23.3. The van der Waals surface area contributed by atoms with Crippen LogP contribution in [0.3, 0.4) is 0 Å². The lowest BCUT2D eigenvalue weighted by Gasteiger charge is -2.25. The fourth-order valence-corrected chi connectivity index (χ4v) is 5.44. The lowest BCUT2D eigenvalue weighted by molar-refractivity contribution is 0.0948. The summed E-state index contributed by atoms with van der Waals surface area (Å²) in [6.07, 6.45) is 4.49. The average Bonchev–Trinajstić information content (AvgIpc) is 2.85. The Bertz CT molecular complexity index is 1260. The van der Waals surface area contributed by atoms with Crippen LogP contribution in [0.4, 0.5) is 0 Å². The average molecular weight is 466 g/mol. The maximum Gasteiger partial charge on any atom is 0.263 e. The minimum absolute atomic E-state index is 0.0673. The van der Waals surface area contributed by atoms with Gasteiger partial charge < -0.3 is 9.88 Å². The van der Waals surface area contributed by atoms with Crippen molar-refractivity contribution >= 4 is 15.9 Å². The Balaban J connectivity index is 1.41. The van der Waals surface area contributed by atoms with Gasteiger partial charge in [0.05, 0.1) is 11.4 Å². The fourth-order valence-electron chi connectivity index (χ4n) is 3.93. The maximum absolute atomic E-state index is 12.8. The molecule has 1 saturated heterocycles. The van der Waals surface area contributed by atoms with E-state index >= 15 is 0 Å². The number of carbonyl (C=O) groups is 1. The molecule has 0 unspecified atom stereocenters. The van der Waals surface area contributed by atoms with E-state index in [9.17, 15) is 18.0 Å². The minimum atomic E-state index is -3.49. The van der Waals surface area contributed by atoms with E-state index in [2.05, 4.69) is 5.32 Å². The van der Waals surface area contributed by atoms with Crippen molar-refractivity contribution in [2.75, 3.05) is 13.1 Å². The second-order valence-electron chi connectivity index (χ2n) is 8.13. The van der Waals surface area contributed by atoms with Gasteiger partial charge in [0.1, 0.15) is 5.56 Å². The predicted octanol–water partition coefficient (Wildman–Crippen LogP) is 3.00. The third-order valence-corrected chi connectivity index (χ3v) is 7.70. The van der Waals surface area contributed by atoms with Crippen molar-refractivity contribution in [3.63, 3.8) is 0 Å². The number of carbonyl (C=O) groups excluding carboxylic acids is 1. The molecule has 1 aliphatic rings. The first-order valence-corrected chi connectivity index (χ1v) is 12.5. The normalized spacial score (nSPS) is 14.7. The Hall–Kier alpha value is -3.23. The van der Waals surface area contributed by atoms with Crippen molar-refractivity contribution in [3.8, 4) is 0 Å². The molecule has 7 nitrogen and oxygen atoms in total. The summed E-state index contributed by atoms with van der Waals surface area (Å²) in [5, 5.41) is 2.76. The van der Waals surface area contributed by atoms with Gasteiger partial charge in [-0.2, -0.15) is 4.31 Å². The van der Waals surface area contributed by atoms with Crippen molar-refractivity contribution in [3.05, 3.63) is 100.0 Å². The standard InChI is InChI=1S/C25H27N3O4S/c29-24(23-10-7-15-27(25(23)30)19-21-8-3-1-4-9-21)26-18-20-11-13-22(14-12-20)33(31,32)28-16-5-2-6-17-28/h1,3-4,7-15H,2,5-6,16-19H2,(H,26,29). The number of rotatable bonds is 7. The van der Waals surface area contributed by atoms with Crippen molar-refractivity contribution in [1.29, 1.82) is 0 Å². The van der Waals surface area contributed by atoms with Gasteiger partial charge in [-0.15, -0.1) is 0 Å². The van der Waals surface area contributed by atoms with Gasteiger partial charge in [-0.1, -0.05) is 48.9 Å². The van der Waals surface area contributed by atoms with Gasteiger partial charge in [-0.05, 0) is 48.2 Å². The lowest BCUT2D eigenvalue weighted by atomic mass is 10.2. The third-order valence-electron chi connectivity index (χ3n) is 5.79. The monoisotopic (exact) mass is 465 g/mol. The number of amides is 1. The summed E-state index contributed by atoms with van der Waals surface area (Å²) in [5.41, 5.74) is 1.43. The van der Waals surface area contributed by atoms with Crippen molar-refractivity contribution in [1.82, 2.24) is 14.2 Å². The summed E-state index contributed by atoms with van der Waals surface area (Å²) >= 11 is 0. The molecule has 0 atom stereocenters. The molecule has 2 heterocycles. The number of aromatic nitrogens is 1. The predicted molar refractivity (Wildman–Crippen MR) is 126 cm³/mol. The molecule has 33 heavy (non-hydrogen) atoms. The number of pyridine rings is 1. The molecule has 8 heteroatoms. The SMILES string of the molecule is O=C(NCc1ccc(S(=O)(=O)N2CCCCC2)cc1)c1cccn(Cc2ccccc2)c1=O. The third kappa shape index (κ3) is 5.40. The van der Waals surface area contributed by atoms with Crippen LogP contribution in [-0.2, 0) is 23.1 Å². The molecule has 0 spiro atoms. The number of nitrogens with zero attached hydrogens (tertiary/aromatic N) is 2. The molecule has 2 aromatic carbocycles. The van der Waals surface area contributed by atoms with Crippen molar-refractivity contribution in [2.45, 2.75) is 37.2 Å². The number of hydrogen-bond donors (Lipinski definition) is 1. The van der Waals surface area contributed by atoms with Gasteiger partial charge in [-0.25, -0.2) is 8.42 Å². The quantitative estimate of drug-likeness (QED) is 0.581. The van der Waals surface area contributed by atoms with Crippen molar-refractivity contribution < 1.29 is 13.2 Å². The topological polar surface area (TPSA) is 88.5 Å². The molecule has 1 amide bonds. The van der Waals surface area contributed by atoms with E-state index in [1.807, 2.05) is 30.3 Å². The van der Waals surface area contributed by atoms with Crippen LogP contribution in [0.25, 0.3) is 0 Å². The van der Waals surface area contributed by atoms with Gasteiger partial charge in [0.15, 0.2) is 0 Å². The number of nitrogens with one attached hydrogen (secondary N) is 1. The zero-order valence-electron chi connectivity index (χ0n) is 18.3. The summed E-state index contributed by atoms with van der Waals surface area (Å²) in [6, 6.07) is 19.3. The molecule has 1 fully saturated rings. The summed E-state index contributed by atoms with van der Waals surface area (Å²) in [6.45, 7) is 1.68. The van der Waals surface area contributed by atoms with Crippen molar-refractivity contribution in [2.24, 2.45) is 0 Å². The molecular formula is C25H27N3O4S. The van der Waals surface area contributed by atoms with E-state index in [-0.39, 0.29) is 22.6 Å². The van der Waals surface area contributed by atoms with Crippen LogP contribution in [0.15, 0.2) is 82.6 Å². The number of hydrogen-bond acceptors (Lipinski definition) is 4. The van der Waals surface area contributed by atoms with E-state index in [1.54, 1.807) is 36.5 Å². The smallest absolute Gasteiger partial charge is 0.263 e. The van der Waals surface area contributed by atoms with Gasteiger partial charge >= 0.3 is 0 Å².